The van der Waals surface area contributed by atoms with E-state index in [2.05, 4.69) is 20.7 Å². The maximum Gasteiger partial charge on any atom is 0.271 e. The molecule has 2 rings (SSSR count). The van der Waals surface area contributed by atoms with Crippen LogP contribution in [0.1, 0.15) is 0 Å². The molecule has 2 N–H and O–H groups in total. The van der Waals surface area contributed by atoms with Gasteiger partial charge in [0.25, 0.3) is 10.0 Å². The van der Waals surface area contributed by atoms with Gasteiger partial charge >= 0.3 is 0 Å². The van der Waals surface area contributed by atoms with E-state index in [1.807, 2.05) is 0 Å². The number of phenolic OH excluding ortho intramolecular Hbond substituents is 1. The maximum atomic E-state index is 12.0. The van der Waals surface area contributed by atoms with Gasteiger partial charge in [0.15, 0.2) is 0 Å². The molecular formula is C10H7BrClNO3S2. The first-order chi connectivity index (χ1) is 8.38. The van der Waals surface area contributed by atoms with Gasteiger partial charge in [-0.05, 0) is 46.3 Å². The Hall–Kier alpha value is -0.760. The molecule has 0 atom stereocenters. The van der Waals surface area contributed by atoms with Crippen LogP contribution in [0.5, 0.6) is 5.75 Å². The van der Waals surface area contributed by atoms with Crippen LogP contribution in [0, 0.1) is 0 Å². The second-order valence-corrected chi connectivity index (χ2v) is 8.13. The van der Waals surface area contributed by atoms with E-state index in [4.69, 9.17) is 11.6 Å². The van der Waals surface area contributed by atoms with Crippen molar-refractivity contribution in [2.24, 2.45) is 0 Å². The Morgan fingerprint density at radius 2 is 2.00 bits per heavy atom. The fraction of sp³-hybridized carbons (Fsp3) is 0. The van der Waals surface area contributed by atoms with Crippen molar-refractivity contribution in [2.75, 3.05) is 4.72 Å². The van der Waals surface area contributed by atoms with Crippen molar-refractivity contribution in [3.05, 3.63) is 39.1 Å². The van der Waals surface area contributed by atoms with Crippen LogP contribution in [-0.4, -0.2) is 13.5 Å². The van der Waals surface area contributed by atoms with Crippen LogP contribution >= 0.6 is 38.9 Å². The quantitative estimate of drug-likeness (QED) is 0.812. The zero-order valence-electron chi connectivity index (χ0n) is 8.72. The third kappa shape index (κ3) is 2.97. The molecule has 0 saturated heterocycles. The Morgan fingerprint density at radius 3 is 2.61 bits per heavy atom. The van der Waals surface area contributed by atoms with Gasteiger partial charge in [-0.2, -0.15) is 0 Å². The predicted molar refractivity (Wildman–Crippen MR) is 75.9 cm³/mol. The normalized spacial score (nSPS) is 11.4. The lowest BCUT2D eigenvalue weighted by atomic mass is 10.3. The van der Waals surface area contributed by atoms with E-state index < -0.39 is 10.0 Å². The number of benzene rings is 1. The van der Waals surface area contributed by atoms with E-state index in [1.165, 1.54) is 24.3 Å². The molecule has 2 aromatic rings. The average Bonchev–Trinajstić information content (AvgIpc) is 2.71. The monoisotopic (exact) mass is 367 g/mol. The maximum absolute atomic E-state index is 12.0. The summed E-state index contributed by atoms with van der Waals surface area (Å²) in [5, 5.41) is 9.89. The summed E-state index contributed by atoms with van der Waals surface area (Å²) < 4.78 is 27.1. The van der Waals surface area contributed by atoms with Crippen LogP contribution in [0.3, 0.4) is 0 Å². The van der Waals surface area contributed by atoms with Gasteiger partial charge in [-0.25, -0.2) is 8.42 Å². The second kappa shape index (κ2) is 5.08. The molecule has 1 aromatic carbocycles. The summed E-state index contributed by atoms with van der Waals surface area (Å²) in [6, 6.07) is 7.24. The van der Waals surface area contributed by atoms with E-state index in [0.29, 0.717) is 8.81 Å². The second-order valence-electron chi connectivity index (χ2n) is 3.33. The first kappa shape index (κ1) is 13.7. The molecule has 0 amide bonds. The molecule has 0 fully saturated rings. The zero-order valence-corrected chi connectivity index (χ0v) is 12.7. The summed E-state index contributed by atoms with van der Waals surface area (Å²) >= 11 is 10.0. The molecule has 4 nitrogen and oxygen atoms in total. The third-order valence-corrected chi connectivity index (χ3v) is 5.73. The number of rotatable bonds is 3. The Labute approximate surface area is 121 Å². The Balaban J connectivity index is 2.36. The van der Waals surface area contributed by atoms with Crippen molar-refractivity contribution < 1.29 is 13.5 Å². The number of anilines is 1. The Kier molecular flexibility index (Phi) is 3.86. The number of hydrogen-bond donors (Lipinski definition) is 2. The topological polar surface area (TPSA) is 66.4 Å². The summed E-state index contributed by atoms with van der Waals surface area (Å²) in [5.74, 6) is -0.182. The van der Waals surface area contributed by atoms with Gasteiger partial charge in [0.1, 0.15) is 9.96 Å². The number of nitrogens with one attached hydrogen (secondary N) is 1. The minimum atomic E-state index is -3.71. The molecule has 0 saturated carbocycles. The van der Waals surface area contributed by atoms with E-state index >= 15 is 0 Å². The number of halogens is 2. The van der Waals surface area contributed by atoms with Crippen molar-refractivity contribution >= 4 is 54.6 Å². The van der Waals surface area contributed by atoms with E-state index in [0.717, 1.165) is 11.3 Å². The van der Waals surface area contributed by atoms with Crippen molar-refractivity contribution in [3.8, 4) is 5.75 Å². The van der Waals surface area contributed by atoms with E-state index in [1.54, 1.807) is 6.07 Å². The van der Waals surface area contributed by atoms with Gasteiger partial charge in [-0.3, -0.25) is 4.72 Å². The molecule has 0 bridgehead atoms. The number of sulfonamides is 1. The van der Waals surface area contributed by atoms with Gasteiger partial charge < -0.3 is 5.11 Å². The van der Waals surface area contributed by atoms with Gasteiger partial charge in [0, 0.05) is 5.02 Å². The van der Waals surface area contributed by atoms with Gasteiger partial charge in [0.05, 0.1) is 9.47 Å². The van der Waals surface area contributed by atoms with Gasteiger partial charge in [-0.15, -0.1) is 11.3 Å². The van der Waals surface area contributed by atoms with Crippen LogP contribution in [0.25, 0.3) is 0 Å². The minimum Gasteiger partial charge on any atom is -0.506 e. The molecule has 1 heterocycles. The number of phenols is 1. The SMILES string of the molecule is O=S(=O)(Nc1cc(Cl)ccc1O)c1ccc(Br)s1. The predicted octanol–water partition coefficient (Wildman–Crippen LogP) is 3.67. The largest absolute Gasteiger partial charge is 0.506 e. The lowest BCUT2D eigenvalue weighted by molar-refractivity contribution is 0.477. The molecular weight excluding hydrogens is 362 g/mol. The Morgan fingerprint density at radius 1 is 1.28 bits per heavy atom. The van der Waals surface area contributed by atoms with Crippen molar-refractivity contribution in [1.82, 2.24) is 0 Å². The first-order valence-corrected chi connectivity index (χ1v) is 8.12. The van der Waals surface area contributed by atoms with Crippen LogP contribution < -0.4 is 4.72 Å². The van der Waals surface area contributed by atoms with Crippen LogP contribution in [0.2, 0.25) is 5.02 Å². The highest BCUT2D eigenvalue weighted by molar-refractivity contribution is 9.11. The van der Waals surface area contributed by atoms with Crippen LogP contribution in [0.15, 0.2) is 38.3 Å². The molecule has 1 aromatic heterocycles. The summed E-state index contributed by atoms with van der Waals surface area (Å²) in [6.45, 7) is 0. The average molecular weight is 369 g/mol. The number of hydrogen-bond acceptors (Lipinski definition) is 4. The summed E-state index contributed by atoms with van der Waals surface area (Å²) in [6.07, 6.45) is 0. The molecule has 0 spiro atoms. The third-order valence-electron chi connectivity index (χ3n) is 2.02. The first-order valence-electron chi connectivity index (χ1n) is 4.65. The summed E-state index contributed by atoms with van der Waals surface area (Å²) in [5.41, 5.74) is 0.0482. The fourth-order valence-corrected chi connectivity index (χ4v) is 4.47. The molecule has 0 radical (unpaired) electrons. The summed E-state index contributed by atoms with van der Waals surface area (Å²) in [7, 11) is -3.71. The highest BCUT2D eigenvalue weighted by Crippen LogP contribution is 2.31. The molecule has 0 aliphatic rings. The molecule has 96 valence electrons. The molecule has 0 aliphatic heterocycles. The smallest absolute Gasteiger partial charge is 0.271 e. The van der Waals surface area contributed by atoms with Gasteiger partial charge in [0.2, 0.25) is 0 Å². The minimum absolute atomic E-state index is 0.0482. The summed E-state index contributed by atoms with van der Waals surface area (Å²) in [4.78, 5) is 0. The van der Waals surface area contributed by atoms with Crippen molar-refractivity contribution in [2.45, 2.75) is 4.21 Å². The molecule has 18 heavy (non-hydrogen) atoms. The van der Waals surface area contributed by atoms with Crippen molar-refractivity contribution in [1.29, 1.82) is 0 Å². The molecule has 0 unspecified atom stereocenters. The molecule has 8 heteroatoms. The zero-order chi connectivity index (χ0) is 13.3. The lowest BCUT2D eigenvalue weighted by Crippen LogP contribution is -2.11. The highest BCUT2D eigenvalue weighted by atomic mass is 79.9. The van der Waals surface area contributed by atoms with Crippen LogP contribution in [-0.2, 0) is 10.0 Å². The van der Waals surface area contributed by atoms with Crippen LogP contribution in [0.4, 0.5) is 5.69 Å². The number of aromatic hydroxyl groups is 1. The number of thiophene rings is 1. The highest BCUT2D eigenvalue weighted by Gasteiger charge is 2.18. The van der Waals surface area contributed by atoms with E-state index in [-0.39, 0.29) is 15.6 Å². The van der Waals surface area contributed by atoms with E-state index in [9.17, 15) is 13.5 Å². The molecule has 0 aliphatic carbocycles. The van der Waals surface area contributed by atoms with Gasteiger partial charge in [-0.1, -0.05) is 11.6 Å². The standard InChI is InChI=1S/C10H7BrClNO3S2/c11-9-3-4-10(17-9)18(15,16)13-7-5-6(12)1-2-8(7)14/h1-5,13-14H. The lowest BCUT2D eigenvalue weighted by Gasteiger charge is -2.08. The fourth-order valence-electron chi connectivity index (χ4n) is 1.23. The Bertz CT molecular complexity index is 684. The van der Waals surface area contributed by atoms with Crippen molar-refractivity contribution in [3.63, 3.8) is 0 Å².